The zero-order chi connectivity index (χ0) is 14.1. The van der Waals surface area contributed by atoms with Crippen molar-refractivity contribution in [3.8, 4) is 0 Å². The van der Waals surface area contributed by atoms with Crippen LogP contribution in [0.15, 0.2) is 48.5 Å². The first-order valence-electron chi connectivity index (χ1n) is 6.26. The molecule has 1 aliphatic rings. The second-order valence-electron chi connectivity index (χ2n) is 4.51. The Labute approximate surface area is 115 Å². The predicted molar refractivity (Wildman–Crippen MR) is 72.9 cm³/mol. The Morgan fingerprint density at radius 1 is 0.850 bits per heavy atom. The van der Waals surface area contributed by atoms with E-state index >= 15 is 0 Å². The van der Waals surface area contributed by atoms with Gasteiger partial charge in [-0.1, -0.05) is 12.1 Å². The molecule has 3 rings (SSSR count). The molecule has 2 aromatic carbocycles. The van der Waals surface area contributed by atoms with Crippen LogP contribution in [0, 0.1) is 11.6 Å². The Morgan fingerprint density at radius 3 is 2.20 bits per heavy atom. The van der Waals surface area contributed by atoms with Gasteiger partial charge in [0.2, 0.25) is 0 Å². The van der Waals surface area contributed by atoms with Crippen LogP contribution in [0.1, 0.15) is 0 Å². The molecule has 1 saturated heterocycles. The van der Waals surface area contributed by atoms with Crippen LogP contribution in [-0.2, 0) is 0 Å². The monoisotopic (exact) mass is 274 g/mol. The van der Waals surface area contributed by atoms with Crippen molar-refractivity contribution in [1.82, 2.24) is 0 Å². The number of anilines is 2. The lowest BCUT2D eigenvalue weighted by atomic mass is 10.3. The van der Waals surface area contributed by atoms with E-state index in [-0.39, 0.29) is 17.5 Å². The Hall–Kier alpha value is -2.43. The van der Waals surface area contributed by atoms with Crippen molar-refractivity contribution in [1.29, 1.82) is 0 Å². The Bertz CT molecular complexity index is 643. The van der Waals surface area contributed by atoms with E-state index in [1.807, 2.05) is 0 Å². The minimum Gasteiger partial charge on any atom is -0.292 e. The lowest BCUT2D eigenvalue weighted by Crippen LogP contribution is -2.32. The first-order chi connectivity index (χ1) is 9.66. The van der Waals surface area contributed by atoms with Gasteiger partial charge in [0.15, 0.2) is 0 Å². The summed E-state index contributed by atoms with van der Waals surface area (Å²) in [5.74, 6) is -0.784. The summed E-state index contributed by atoms with van der Waals surface area (Å²) in [7, 11) is 0. The maximum atomic E-state index is 13.7. The van der Waals surface area contributed by atoms with Crippen LogP contribution in [0.25, 0.3) is 0 Å². The zero-order valence-electron chi connectivity index (χ0n) is 10.6. The van der Waals surface area contributed by atoms with E-state index in [4.69, 9.17) is 0 Å². The van der Waals surface area contributed by atoms with Gasteiger partial charge in [0, 0.05) is 18.8 Å². The standard InChI is InChI=1S/C15H12F2N2O/c16-11-5-7-12(8-6-11)18-9-10-19(15(18)20)14-4-2-1-3-13(14)17/h1-8H,9-10H2. The fourth-order valence-electron chi connectivity index (χ4n) is 2.29. The van der Waals surface area contributed by atoms with E-state index in [0.717, 1.165) is 0 Å². The third-order valence-electron chi connectivity index (χ3n) is 3.29. The molecule has 0 spiro atoms. The lowest BCUT2D eigenvalue weighted by Gasteiger charge is -2.19. The predicted octanol–water partition coefficient (Wildman–Crippen LogP) is 3.41. The van der Waals surface area contributed by atoms with Gasteiger partial charge in [-0.25, -0.2) is 13.6 Å². The van der Waals surface area contributed by atoms with Crippen molar-refractivity contribution in [3.05, 3.63) is 60.2 Å². The number of carbonyl (C=O) groups excluding carboxylic acids is 1. The average Bonchev–Trinajstić information content (AvgIpc) is 2.82. The van der Waals surface area contributed by atoms with Gasteiger partial charge in [0.05, 0.1) is 5.69 Å². The van der Waals surface area contributed by atoms with E-state index in [1.165, 1.54) is 40.1 Å². The van der Waals surface area contributed by atoms with Crippen molar-refractivity contribution in [3.63, 3.8) is 0 Å². The topological polar surface area (TPSA) is 23.6 Å². The summed E-state index contributed by atoms with van der Waals surface area (Å²) in [5.41, 5.74) is 0.873. The molecular formula is C15H12F2N2O. The van der Waals surface area contributed by atoms with Crippen LogP contribution in [0.3, 0.4) is 0 Å². The Morgan fingerprint density at radius 2 is 1.50 bits per heavy atom. The Kier molecular flexibility index (Phi) is 3.10. The second-order valence-corrected chi connectivity index (χ2v) is 4.51. The van der Waals surface area contributed by atoms with Gasteiger partial charge in [0.1, 0.15) is 11.6 Å². The molecular weight excluding hydrogens is 262 g/mol. The molecule has 0 radical (unpaired) electrons. The molecule has 0 unspecified atom stereocenters. The highest BCUT2D eigenvalue weighted by Gasteiger charge is 2.31. The van der Waals surface area contributed by atoms with Crippen molar-refractivity contribution >= 4 is 17.4 Å². The number of nitrogens with zero attached hydrogens (tertiary/aromatic N) is 2. The van der Waals surface area contributed by atoms with E-state index in [9.17, 15) is 13.6 Å². The van der Waals surface area contributed by atoms with Gasteiger partial charge in [-0.2, -0.15) is 0 Å². The van der Waals surface area contributed by atoms with Crippen LogP contribution >= 0.6 is 0 Å². The molecule has 1 aliphatic heterocycles. The average molecular weight is 274 g/mol. The van der Waals surface area contributed by atoms with E-state index in [1.54, 1.807) is 18.2 Å². The van der Waals surface area contributed by atoms with Gasteiger partial charge >= 0.3 is 6.03 Å². The smallest absolute Gasteiger partial charge is 0.292 e. The number of amides is 2. The highest BCUT2D eigenvalue weighted by molar-refractivity contribution is 6.06. The van der Waals surface area contributed by atoms with E-state index in [0.29, 0.717) is 18.8 Å². The Balaban J connectivity index is 1.88. The molecule has 0 N–H and O–H groups in total. The van der Waals surface area contributed by atoms with Crippen LogP contribution < -0.4 is 9.80 Å². The number of urea groups is 1. The fourth-order valence-corrected chi connectivity index (χ4v) is 2.29. The number of para-hydroxylation sites is 1. The van der Waals surface area contributed by atoms with Crippen LogP contribution in [0.5, 0.6) is 0 Å². The number of halogens is 2. The van der Waals surface area contributed by atoms with Gasteiger partial charge < -0.3 is 0 Å². The maximum absolute atomic E-state index is 13.7. The van der Waals surface area contributed by atoms with Crippen LogP contribution in [0.4, 0.5) is 25.0 Å². The minimum atomic E-state index is -0.429. The number of rotatable bonds is 2. The van der Waals surface area contributed by atoms with Gasteiger partial charge in [-0.3, -0.25) is 9.80 Å². The molecule has 20 heavy (non-hydrogen) atoms. The third kappa shape index (κ3) is 2.11. The second kappa shape index (κ2) is 4.92. The van der Waals surface area contributed by atoms with Crippen molar-refractivity contribution in [2.75, 3.05) is 22.9 Å². The van der Waals surface area contributed by atoms with Crippen LogP contribution in [-0.4, -0.2) is 19.1 Å². The molecule has 5 heteroatoms. The molecule has 0 aliphatic carbocycles. The molecule has 1 heterocycles. The van der Waals surface area contributed by atoms with Crippen molar-refractivity contribution in [2.24, 2.45) is 0 Å². The largest absolute Gasteiger partial charge is 0.329 e. The van der Waals surface area contributed by atoms with Crippen molar-refractivity contribution < 1.29 is 13.6 Å². The summed E-state index contributed by atoms with van der Waals surface area (Å²) in [5, 5.41) is 0. The normalized spacial score (nSPS) is 15.0. The summed E-state index contributed by atoms with van der Waals surface area (Å²) in [4.78, 5) is 15.2. The quantitative estimate of drug-likeness (QED) is 0.823. The summed E-state index contributed by atoms with van der Waals surface area (Å²) in [6.45, 7) is 0.843. The number of hydrogen-bond acceptors (Lipinski definition) is 1. The number of benzene rings is 2. The van der Waals surface area contributed by atoms with Crippen molar-refractivity contribution in [2.45, 2.75) is 0 Å². The summed E-state index contributed by atoms with van der Waals surface area (Å²) in [6, 6.07) is 11.5. The molecule has 102 valence electrons. The first-order valence-corrected chi connectivity index (χ1v) is 6.26. The lowest BCUT2D eigenvalue weighted by molar-refractivity contribution is 0.255. The highest BCUT2D eigenvalue weighted by Crippen LogP contribution is 2.26. The van der Waals surface area contributed by atoms with Crippen LogP contribution in [0.2, 0.25) is 0 Å². The van der Waals surface area contributed by atoms with E-state index in [2.05, 4.69) is 0 Å². The van der Waals surface area contributed by atoms with Gasteiger partial charge in [0.25, 0.3) is 0 Å². The molecule has 0 bridgehead atoms. The summed E-state index contributed by atoms with van der Waals surface area (Å²) >= 11 is 0. The molecule has 2 aromatic rings. The molecule has 1 fully saturated rings. The first kappa shape index (κ1) is 12.6. The van der Waals surface area contributed by atoms with Gasteiger partial charge in [-0.15, -0.1) is 0 Å². The molecule has 3 nitrogen and oxygen atoms in total. The SMILES string of the molecule is O=C1N(c2ccc(F)cc2)CCN1c1ccccc1F. The summed E-state index contributed by atoms with van der Waals surface area (Å²) < 4.78 is 26.6. The molecule has 0 aromatic heterocycles. The third-order valence-corrected chi connectivity index (χ3v) is 3.29. The molecule has 0 saturated carbocycles. The number of carbonyl (C=O) groups is 1. The van der Waals surface area contributed by atoms with E-state index < -0.39 is 5.82 Å². The minimum absolute atomic E-state index is 0.266. The molecule has 0 atom stereocenters. The number of hydrogen-bond donors (Lipinski definition) is 0. The summed E-state index contributed by atoms with van der Waals surface area (Å²) in [6.07, 6.45) is 0. The fraction of sp³-hybridized carbons (Fsp3) is 0.133. The molecule has 2 amide bonds. The highest BCUT2D eigenvalue weighted by atomic mass is 19.1. The van der Waals surface area contributed by atoms with Gasteiger partial charge in [-0.05, 0) is 36.4 Å². The zero-order valence-corrected chi connectivity index (χ0v) is 10.6. The maximum Gasteiger partial charge on any atom is 0.329 e.